The Morgan fingerprint density at radius 2 is 2.22 bits per heavy atom. The summed E-state index contributed by atoms with van der Waals surface area (Å²) in [5.41, 5.74) is 1.12. The summed E-state index contributed by atoms with van der Waals surface area (Å²) in [5, 5.41) is 4.01. The van der Waals surface area contributed by atoms with Gasteiger partial charge < -0.3 is 10.1 Å². The quantitative estimate of drug-likeness (QED) is 0.838. The minimum Gasteiger partial charge on any atom is -0.495 e. The number of methoxy groups -OCH3 is 1. The van der Waals surface area contributed by atoms with Gasteiger partial charge in [-0.1, -0.05) is 17.7 Å². The van der Waals surface area contributed by atoms with Crippen molar-refractivity contribution in [3.05, 3.63) is 28.8 Å². The van der Waals surface area contributed by atoms with Crippen LogP contribution in [0.3, 0.4) is 0 Å². The van der Waals surface area contributed by atoms with E-state index in [9.17, 15) is 4.21 Å². The van der Waals surface area contributed by atoms with E-state index in [1.165, 1.54) is 0 Å². The molecular formula is C13H20ClNO2S. The van der Waals surface area contributed by atoms with Gasteiger partial charge in [-0.15, -0.1) is 0 Å². The van der Waals surface area contributed by atoms with E-state index in [0.29, 0.717) is 16.8 Å². The van der Waals surface area contributed by atoms with Crippen LogP contribution in [-0.4, -0.2) is 29.4 Å². The zero-order chi connectivity index (χ0) is 13.5. The minimum atomic E-state index is -0.720. The summed E-state index contributed by atoms with van der Waals surface area (Å²) in [4.78, 5) is 0. The van der Waals surface area contributed by atoms with Gasteiger partial charge in [0.15, 0.2) is 0 Å². The van der Waals surface area contributed by atoms with Crippen molar-refractivity contribution in [2.24, 2.45) is 0 Å². The van der Waals surface area contributed by atoms with Gasteiger partial charge in [-0.05, 0) is 31.0 Å². The maximum absolute atomic E-state index is 11.0. The lowest BCUT2D eigenvalue weighted by atomic mass is 10.2. The lowest BCUT2D eigenvalue weighted by Crippen LogP contribution is -2.26. The number of hydrogen-bond donors (Lipinski definition) is 1. The van der Waals surface area contributed by atoms with E-state index in [1.54, 1.807) is 13.4 Å². The highest BCUT2D eigenvalue weighted by Crippen LogP contribution is 2.24. The number of nitrogens with one attached hydrogen (secondary N) is 1. The molecule has 0 saturated carbocycles. The summed E-state index contributed by atoms with van der Waals surface area (Å²) in [5.74, 6) is 1.42. The molecule has 1 aromatic rings. The number of halogens is 1. The molecule has 1 rings (SSSR count). The van der Waals surface area contributed by atoms with E-state index in [4.69, 9.17) is 16.3 Å². The molecule has 5 heteroatoms. The molecule has 0 bridgehead atoms. The number of ether oxygens (including phenoxy) is 1. The van der Waals surface area contributed by atoms with Crippen LogP contribution in [0.2, 0.25) is 5.02 Å². The van der Waals surface area contributed by atoms with E-state index in [0.717, 1.165) is 24.3 Å². The highest BCUT2D eigenvalue weighted by atomic mass is 35.5. The van der Waals surface area contributed by atoms with Crippen molar-refractivity contribution in [3.8, 4) is 5.75 Å². The Labute approximate surface area is 116 Å². The van der Waals surface area contributed by atoms with Crippen molar-refractivity contribution in [3.63, 3.8) is 0 Å². The van der Waals surface area contributed by atoms with Gasteiger partial charge in [-0.2, -0.15) is 0 Å². The summed E-state index contributed by atoms with van der Waals surface area (Å²) < 4.78 is 16.1. The normalized spacial score (nSPS) is 14.2. The second-order valence-corrected chi connectivity index (χ2v) is 6.28. The van der Waals surface area contributed by atoms with Crippen molar-refractivity contribution in [1.29, 1.82) is 0 Å². The zero-order valence-corrected chi connectivity index (χ0v) is 12.6. The fourth-order valence-electron chi connectivity index (χ4n) is 1.56. The van der Waals surface area contributed by atoms with Gasteiger partial charge in [0, 0.05) is 35.4 Å². The molecule has 0 heterocycles. The Balaban J connectivity index is 2.43. The Bertz CT molecular complexity index is 412. The largest absolute Gasteiger partial charge is 0.495 e. The molecule has 0 saturated heterocycles. The third-order valence-corrected chi connectivity index (χ3v) is 3.82. The number of rotatable bonds is 7. The van der Waals surface area contributed by atoms with Crippen molar-refractivity contribution >= 4 is 22.4 Å². The molecule has 0 radical (unpaired) electrons. The molecule has 18 heavy (non-hydrogen) atoms. The summed E-state index contributed by atoms with van der Waals surface area (Å²) in [6.07, 6.45) is 2.64. The topological polar surface area (TPSA) is 38.3 Å². The van der Waals surface area contributed by atoms with Gasteiger partial charge in [-0.3, -0.25) is 4.21 Å². The zero-order valence-electron chi connectivity index (χ0n) is 11.0. The van der Waals surface area contributed by atoms with E-state index in [2.05, 4.69) is 12.2 Å². The average molecular weight is 290 g/mol. The standard InChI is InChI=1S/C13H20ClNO2S/c1-10(6-7-18(3)16)15-9-11-4-5-13(17-2)12(14)8-11/h4-5,8,10,15H,6-7,9H2,1-3H3. The molecule has 0 aliphatic heterocycles. The molecule has 0 aromatic heterocycles. The van der Waals surface area contributed by atoms with Crippen LogP contribution in [0, 0.1) is 0 Å². The van der Waals surface area contributed by atoms with Gasteiger partial charge in [0.2, 0.25) is 0 Å². The predicted octanol–water partition coefficient (Wildman–Crippen LogP) is 2.60. The molecule has 1 N–H and O–H groups in total. The Morgan fingerprint density at radius 1 is 1.50 bits per heavy atom. The van der Waals surface area contributed by atoms with Gasteiger partial charge in [0.25, 0.3) is 0 Å². The summed E-state index contributed by atoms with van der Waals surface area (Å²) in [6, 6.07) is 6.10. The van der Waals surface area contributed by atoms with Crippen molar-refractivity contribution in [2.75, 3.05) is 19.1 Å². The van der Waals surface area contributed by atoms with Gasteiger partial charge in [-0.25, -0.2) is 0 Å². The monoisotopic (exact) mass is 289 g/mol. The van der Waals surface area contributed by atoms with Crippen LogP contribution in [0.15, 0.2) is 18.2 Å². The van der Waals surface area contributed by atoms with Crippen LogP contribution in [-0.2, 0) is 17.3 Å². The summed E-state index contributed by atoms with van der Waals surface area (Å²) >= 11 is 6.05. The van der Waals surface area contributed by atoms with E-state index < -0.39 is 10.8 Å². The fourth-order valence-corrected chi connectivity index (χ4v) is 2.52. The summed E-state index contributed by atoms with van der Waals surface area (Å²) in [6.45, 7) is 2.85. The number of benzene rings is 1. The van der Waals surface area contributed by atoms with Crippen LogP contribution in [0.1, 0.15) is 18.9 Å². The maximum Gasteiger partial charge on any atom is 0.137 e. The Morgan fingerprint density at radius 3 is 2.78 bits per heavy atom. The summed E-state index contributed by atoms with van der Waals surface area (Å²) in [7, 11) is 0.883. The third kappa shape index (κ3) is 5.38. The molecule has 2 atom stereocenters. The van der Waals surface area contributed by atoms with Gasteiger partial charge in [0.1, 0.15) is 5.75 Å². The average Bonchev–Trinajstić information content (AvgIpc) is 2.34. The minimum absolute atomic E-state index is 0.342. The molecule has 1 aromatic carbocycles. The van der Waals surface area contributed by atoms with Crippen molar-refractivity contribution < 1.29 is 8.95 Å². The molecule has 0 aliphatic carbocycles. The van der Waals surface area contributed by atoms with E-state index in [-0.39, 0.29) is 0 Å². The van der Waals surface area contributed by atoms with E-state index >= 15 is 0 Å². The predicted molar refractivity (Wildman–Crippen MR) is 77.9 cm³/mol. The molecule has 102 valence electrons. The number of hydrogen-bond acceptors (Lipinski definition) is 3. The molecule has 0 spiro atoms. The molecule has 0 amide bonds. The van der Waals surface area contributed by atoms with Crippen LogP contribution in [0.4, 0.5) is 0 Å². The highest BCUT2D eigenvalue weighted by molar-refractivity contribution is 7.84. The molecule has 3 nitrogen and oxygen atoms in total. The first-order valence-electron chi connectivity index (χ1n) is 5.88. The first-order valence-corrected chi connectivity index (χ1v) is 7.99. The third-order valence-electron chi connectivity index (χ3n) is 2.71. The van der Waals surface area contributed by atoms with Crippen LogP contribution < -0.4 is 10.1 Å². The molecule has 2 unspecified atom stereocenters. The first kappa shape index (κ1) is 15.5. The smallest absolute Gasteiger partial charge is 0.137 e. The molecular weight excluding hydrogens is 270 g/mol. The maximum atomic E-state index is 11.0. The van der Waals surface area contributed by atoms with Crippen LogP contribution in [0.5, 0.6) is 5.75 Å². The Hall–Kier alpha value is -0.580. The lowest BCUT2D eigenvalue weighted by Gasteiger charge is -2.13. The molecule has 0 fully saturated rings. The van der Waals surface area contributed by atoms with Crippen LogP contribution >= 0.6 is 11.6 Å². The highest BCUT2D eigenvalue weighted by Gasteiger charge is 2.05. The van der Waals surface area contributed by atoms with Gasteiger partial charge in [0.05, 0.1) is 12.1 Å². The van der Waals surface area contributed by atoms with Crippen molar-refractivity contribution in [1.82, 2.24) is 5.32 Å². The SMILES string of the molecule is COc1ccc(CNC(C)CCS(C)=O)cc1Cl. The second kappa shape index (κ2) is 7.77. The lowest BCUT2D eigenvalue weighted by molar-refractivity contribution is 0.414. The van der Waals surface area contributed by atoms with Crippen LogP contribution in [0.25, 0.3) is 0 Å². The van der Waals surface area contributed by atoms with E-state index in [1.807, 2.05) is 18.2 Å². The molecule has 0 aliphatic rings. The second-order valence-electron chi connectivity index (χ2n) is 4.32. The fraction of sp³-hybridized carbons (Fsp3) is 0.538. The Kier molecular flexibility index (Phi) is 6.68. The van der Waals surface area contributed by atoms with Crippen molar-refractivity contribution in [2.45, 2.75) is 25.9 Å². The first-order chi connectivity index (χ1) is 8.52. The van der Waals surface area contributed by atoms with Gasteiger partial charge >= 0.3 is 0 Å².